The van der Waals surface area contributed by atoms with Gasteiger partial charge in [-0.3, -0.25) is 4.79 Å². The van der Waals surface area contributed by atoms with Crippen molar-refractivity contribution in [1.82, 2.24) is 0 Å². The Balaban J connectivity index is 2.33. The van der Waals surface area contributed by atoms with Gasteiger partial charge in [-0.15, -0.1) is 0 Å². The van der Waals surface area contributed by atoms with Gasteiger partial charge in [-0.05, 0) is 30.5 Å². The van der Waals surface area contributed by atoms with E-state index in [0.717, 1.165) is 24.2 Å². The van der Waals surface area contributed by atoms with Crippen LogP contribution in [0.15, 0.2) is 18.2 Å². The summed E-state index contributed by atoms with van der Waals surface area (Å²) >= 11 is 0. The molecule has 3 nitrogen and oxygen atoms in total. The quantitative estimate of drug-likeness (QED) is 0.750. The lowest BCUT2D eigenvalue weighted by molar-refractivity contribution is -0.138. The largest absolute Gasteiger partial charge is 0.481 e. The minimum atomic E-state index is -0.775. The highest BCUT2D eigenvalue weighted by atomic mass is 16.4. The standard InChI is InChI=1S/C11H13NO2/c1-7(11(13)14)9-3-2-8-4-5-12-10(8)6-9/h2-3,6-7,12H,4-5H2,1H3,(H,13,14). The summed E-state index contributed by atoms with van der Waals surface area (Å²) in [6, 6.07) is 5.87. The zero-order valence-corrected chi connectivity index (χ0v) is 8.08. The predicted molar refractivity (Wildman–Crippen MR) is 54.7 cm³/mol. The van der Waals surface area contributed by atoms with Crippen LogP contribution >= 0.6 is 0 Å². The fraction of sp³-hybridized carbons (Fsp3) is 0.364. The van der Waals surface area contributed by atoms with Crippen LogP contribution in [0.2, 0.25) is 0 Å². The molecule has 0 amide bonds. The van der Waals surface area contributed by atoms with E-state index in [1.165, 1.54) is 5.56 Å². The van der Waals surface area contributed by atoms with Gasteiger partial charge in [0.1, 0.15) is 0 Å². The third-order valence-electron chi connectivity index (χ3n) is 2.71. The number of carboxylic acids is 1. The average molecular weight is 191 g/mol. The summed E-state index contributed by atoms with van der Waals surface area (Å²) in [5.41, 5.74) is 3.24. The van der Waals surface area contributed by atoms with Gasteiger partial charge in [0.25, 0.3) is 0 Å². The van der Waals surface area contributed by atoms with Crippen LogP contribution in [-0.2, 0) is 11.2 Å². The molecule has 1 aromatic rings. The molecule has 1 aromatic carbocycles. The highest BCUT2D eigenvalue weighted by Crippen LogP contribution is 2.26. The molecule has 0 saturated heterocycles. The van der Waals surface area contributed by atoms with Gasteiger partial charge in [-0.1, -0.05) is 12.1 Å². The van der Waals surface area contributed by atoms with Gasteiger partial charge < -0.3 is 10.4 Å². The Kier molecular flexibility index (Phi) is 2.15. The Morgan fingerprint density at radius 2 is 2.36 bits per heavy atom. The highest BCUT2D eigenvalue weighted by Gasteiger charge is 2.16. The molecule has 0 aliphatic carbocycles. The van der Waals surface area contributed by atoms with Crippen LogP contribution < -0.4 is 5.32 Å². The van der Waals surface area contributed by atoms with E-state index >= 15 is 0 Å². The predicted octanol–water partition coefficient (Wildman–Crippen LogP) is 1.84. The Hall–Kier alpha value is -1.51. The van der Waals surface area contributed by atoms with E-state index in [2.05, 4.69) is 5.32 Å². The van der Waals surface area contributed by atoms with Crippen LogP contribution in [0.3, 0.4) is 0 Å². The summed E-state index contributed by atoms with van der Waals surface area (Å²) < 4.78 is 0. The van der Waals surface area contributed by atoms with Gasteiger partial charge >= 0.3 is 5.97 Å². The second-order valence-corrected chi connectivity index (χ2v) is 3.65. The van der Waals surface area contributed by atoms with E-state index in [1.807, 2.05) is 18.2 Å². The summed E-state index contributed by atoms with van der Waals surface area (Å²) in [7, 11) is 0. The number of hydrogen-bond acceptors (Lipinski definition) is 2. The van der Waals surface area contributed by atoms with Crippen LogP contribution in [0, 0.1) is 0 Å². The molecule has 2 N–H and O–H groups in total. The Bertz CT molecular complexity index is 374. The number of hydrogen-bond donors (Lipinski definition) is 2. The second kappa shape index (κ2) is 3.33. The molecule has 0 saturated carbocycles. The molecule has 0 radical (unpaired) electrons. The first-order valence-electron chi connectivity index (χ1n) is 4.78. The minimum absolute atomic E-state index is 0.428. The Morgan fingerprint density at radius 3 is 3.07 bits per heavy atom. The van der Waals surface area contributed by atoms with Crippen molar-refractivity contribution in [3.05, 3.63) is 29.3 Å². The van der Waals surface area contributed by atoms with Gasteiger partial charge in [0.05, 0.1) is 5.92 Å². The average Bonchev–Trinajstić information content (AvgIpc) is 2.62. The summed E-state index contributed by atoms with van der Waals surface area (Å²) in [6.45, 7) is 2.67. The Morgan fingerprint density at radius 1 is 1.57 bits per heavy atom. The molecule has 1 atom stereocenters. The second-order valence-electron chi connectivity index (χ2n) is 3.65. The maximum absolute atomic E-state index is 10.8. The molecular weight excluding hydrogens is 178 g/mol. The van der Waals surface area contributed by atoms with Crippen molar-refractivity contribution in [3.63, 3.8) is 0 Å². The van der Waals surface area contributed by atoms with Gasteiger partial charge in [0, 0.05) is 12.2 Å². The highest BCUT2D eigenvalue weighted by molar-refractivity contribution is 5.76. The molecule has 0 bridgehead atoms. The van der Waals surface area contributed by atoms with Crippen LogP contribution in [0.25, 0.3) is 0 Å². The van der Waals surface area contributed by atoms with E-state index in [0.29, 0.717) is 0 Å². The van der Waals surface area contributed by atoms with Crippen molar-refractivity contribution < 1.29 is 9.90 Å². The lowest BCUT2D eigenvalue weighted by Gasteiger charge is -2.08. The molecule has 0 fully saturated rings. The summed E-state index contributed by atoms with van der Waals surface area (Å²) in [6.07, 6.45) is 1.04. The van der Waals surface area contributed by atoms with Gasteiger partial charge in [-0.25, -0.2) is 0 Å². The van der Waals surface area contributed by atoms with E-state index < -0.39 is 11.9 Å². The van der Waals surface area contributed by atoms with E-state index in [-0.39, 0.29) is 0 Å². The number of benzene rings is 1. The molecule has 2 rings (SSSR count). The Labute approximate surface area is 82.8 Å². The molecule has 1 aliphatic rings. The molecule has 14 heavy (non-hydrogen) atoms. The molecule has 1 aliphatic heterocycles. The molecule has 0 spiro atoms. The normalized spacial score (nSPS) is 15.8. The van der Waals surface area contributed by atoms with E-state index in [1.54, 1.807) is 6.92 Å². The number of fused-ring (bicyclic) bond motifs is 1. The lowest BCUT2D eigenvalue weighted by atomic mass is 9.99. The van der Waals surface area contributed by atoms with Gasteiger partial charge in [0.15, 0.2) is 0 Å². The smallest absolute Gasteiger partial charge is 0.310 e. The topological polar surface area (TPSA) is 49.3 Å². The van der Waals surface area contributed by atoms with Crippen molar-refractivity contribution in [2.75, 3.05) is 11.9 Å². The molecule has 0 aromatic heterocycles. The lowest BCUT2D eigenvalue weighted by Crippen LogP contribution is -2.07. The minimum Gasteiger partial charge on any atom is -0.481 e. The number of carboxylic acid groups (broad SMARTS) is 1. The third kappa shape index (κ3) is 1.45. The number of nitrogens with one attached hydrogen (secondary N) is 1. The van der Waals surface area contributed by atoms with Crippen molar-refractivity contribution in [2.24, 2.45) is 0 Å². The maximum Gasteiger partial charge on any atom is 0.310 e. The van der Waals surface area contributed by atoms with Crippen molar-refractivity contribution in [2.45, 2.75) is 19.3 Å². The zero-order valence-electron chi connectivity index (χ0n) is 8.08. The number of aliphatic carboxylic acids is 1. The molecule has 1 heterocycles. The van der Waals surface area contributed by atoms with Crippen LogP contribution in [0.4, 0.5) is 5.69 Å². The van der Waals surface area contributed by atoms with Crippen LogP contribution in [0.1, 0.15) is 24.0 Å². The number of anilines is 1. The number of carbonyl (C=O) groups is 1. The van der Waals surface area contributed by atoms with Gasteiger partial charge in [-0.2, -0.15) is 0 Å². The van der Waals surface area contributed by atoms with Crippen LogP contribution in [0.5, 0.6) is 0 Å². The fourth-order valence-corrected chi connectivity index (χ4v) is 1.72. The first-order valence-corrected chi connectivity index (χ1v) is 4.78. The summed E-state index contributed by atoms with van der Waals surface area (Å²) in [5.74, 6) is -1.20. The summed E-state index contributed by atoms with van der Waals surface area (Å²) in [4.78, 5) is 10.8. The van der Waals surface area contributed by atoms with Gasteiger partial charge in [0.2, 0.25) is 0 Å². The van der Waals surface area contributed by atoms with E-state index in [4.69, 9.17) is 5.11 Å². The molecule has 74 valence electrons. The maximum atomic E-state index is 10.8. The fourth-order valence-electron chi connectivity index (χ4n) is 1.72. The SMILES string of the molecule is CC(C(=O)O)c1ccc2c(c1)NCC2. The molecule has 3 heteroatoms. The number of rotatable bonds is 2. The monoisotopic (exact) mass is 191 g/mol. The summed E-state index contributed by atoms with van der Waals surface area (Å²) in [5, 5.41) is 12.1. The third-order valence-corrected chi connectivity index (χ3v) is 2.71. The first kappa shape index (κ1) is 9.06. The van der Waals surface area contributed by atoms with E-state index in [9.17, 15) is 4.79 Å². The molecular formula is C11H13NO2. The van der Waals surface area contributed by atoms with Crippen LogP contribution in [-0.4, -0.2) is 17.6 Å². The zero-order chi connectivity index (χ0) is 10.1. The first-order chi connectivity index (χ1) is 6.68. The van der Waals surface area contributed by atoms with Crippen molar-refractivity contribution >= 4 is 11.7 Å². The molecule has 1 unspecified atom stereocenters. The van der Waals surface area contributed by atoms with Crippen molar-refractivity contribution in [1.29, 1.82) is 0 Å². The van der Waals surface area contributed by atoms with Crippen molar-refractivity contribution in [3.8, 4) is 0 Å².